The van der Waals surface area contributed by atoms with Gasteiger partial charge < -0.3 is 19.9 Å². The largest absolute Gasteiger partial charge is 0.462 e. The zero-order chi connectivity index (χ0) is 17.3. The van der Waals surface area contributed by atoms with Crippen LogP contribution in [0.15, 0.2) is 22.9 Å². The van der Waals surface area contributed by atoms with Gasteiger partial charge in [0.15, 0.2) is 0 Å². The minimum atomic E-state index is -0.565. The van der Waals surface area contributed by atoms with Crippen molar-refractivity contribution in [1.29, 1.82) is 5.26 Å². The molecule has 0 spiro atoms. The fourth-order valence-electron chi connectivity index (χ4n) is 2.58. The van der Waals surface area contributed by atoms with Crippen LogP contribution in [-0.4, -0.2) is 44.0 Å². The van der Waals surface area contributed by atoms with Gasteiger partial charge in [-0.1, -0.05) is 13.8 Å². The number of nitrogens with one attached hydrogen (secondary N) is 1. The molecule has 128 valence electrons. The van der Waals surface area contributed by atoms with Gasteiger partial charge in [0.1, 0.15) is 11.6 Å². The fraction of sp³-hybridized carbons (Fsp3) is 0.647. The molecule has 0 heterocycles. The van der Waals surface area contributed by atoms with Crippen molar-refractivity contribution in [2.45, 2.75) is 33.6 Å². The van der Waals surface area contributed by atoms with E-state index in [1.165, 1.54) is 0 Å². The molecule has 0 atom stereocenters. The van der Waals surface area contributed by atoms with Crippen LogP contribution < -0.4 is 5.32 Å². The van der Waals surface area contributed by atoms with E-state index in [1.54, 1.807) is 6.92 Å². The smallest absolute Gasteiger partial charge is 0.349 e. The number of rotatable bonds is 8. The topological polar surface area (TPSA) is 91.6 Å². The molecule has 1 rings (SSSR count). The van der Waals surface area contributed by atoms with Crippen LogP contribution >= 0.6 is 0 Å². The monoisotopic (exact) mass is 322 g/mol. The summed E-state index contributed by atoms with van der Waals surface area (Å²) in [5.41, 5.74) is 1.71. The van der Waals surface area contributed by atoms with E-state index in [9.17, 15) is 10.1 Å². The van der Waals surface area contributed by atoms with Crippen molar-refractivity contribution in [3.63, 3.8) is 0 Å². The Morgan fingerprint density at radius 1 is 1.43 bits per heavy atom. The Kier molecular flexibility index (Phi) is 7.79. The Morgan fingerprint density at radius 2 is 2.17 bits per heavy atom. The highest BCUT2D eigenvalue weighted by Crippen LogP contribution is 2.38. The summed E-state index contributed by atoms with van der Waals surface area (Å²) in [5.74, 6) is -0.565. The van der Waals surface area contributed by atoms with Crippen molar-refractivity contribution in [2.24, 2.45) is 5.41 Å². The molecule has 6 heteroatoms. The number of hydrogen-bond donors (Lipinski definition) is 2. The summed E-state index contributed by atoms with van der Waals surface area (Å²) in [4.78, 5) is 11.9. The van der Waals surface area contributed by atoms with Crippen molar-refractivity contribution in [3.8, 4) is 6.07 Å². The van der Waals surface area contributed by atoms with Gasteiger partial charge in [0.25, 0.3) is 0 Å². The van der Waals surface area contributed by atoms with E-state index in [0.29, 0.717) is 31.8 Å². The molecule has 23 heavy (non-hydrogen) atoms. The zero-order valence-electron chi connectivity index (χ0n) is 14.1. The first-order chi connectivity index (χ1) is 10.9. The molecule has 2 N–H and O–H groups in total. The molecule has 0 aromatic rings. The molecule has 6 nitrogen and oxygen atoms in total. The second-order valence-electron chi connectivity index (χ2n) is 6.18. The number of allylic oxidation sites excluding steroid dienone is 3. The van der Waals surface area contributed by atoms with Crippen molar-refractivity contribution < 1.29 is 19.4 Å². The first kappa shape index (κ1) is 19.2. The number of aliphatic hydroxyl groups excluding tert-OH is 1. The standard InChI is InChI=1S/C17H26N2O4/c1-4-23-16(21)15(12-18)13-9-14(11-17(2,3)10-13)19-5-7-22-8-6-20/h9,19-20H,4-8,10-11H2,1-3H3/b15-13+. The molecule has 1 aliphatic carbocycles. The highest BCUT2D eigenvalue weighted by molar-refractivity contribution is 5.94. The third-order valence-electron chi connectivity index (χ3n) is 3.43. The molecule has 0 saturated carbocycles. The van der Waals surface area contributed by atoms with Gasteiger partial charge in [0, 0.05) is 12.2 Å². The fourth-order valence-corrected chi connectivity index (χ4v) is 2.58. The second-order valence-corrected chi connectivity index (χ2v) is 6.18. The van der Waals surface area contributed by atoms with Crippen LogP contribution in [0.5, 0.6) is 0 Å². The van der Waals surface area contributed by atoms with Crippen LogP contribution in [0, 0.1) is 16.7 Å². The molecular weight excluding hydrogens is 296 g/mol. The Morgan fingerprint density at radius 3 is 2.78 bits per heavy atom. The van der Waals surface area contributed by atoms with Gasteiger partial charge in [0.05, 0.1) is 26.4 Å². The van der Waals surface area contributed by atoms with Crippen molar-refractivity contribution >= 4 is 5.97 Å². The summed E-state index contributed by atoms with van der Waals surface area (Å²) in [6, 6.07) is 1.98. The number of esters is 1. The lowest BCUT2D eigenvalue weighted by molar-refractivity contribution is -0.138. The Labute approximate surface area is 137 Å². The maximum atomic E-state index is 11.9. The molecule has 1 aliphatic rings. The maximum Gasteiger partial charge on any atom is 0.349 e. The van der Waals surface area contributed by atoms with Crippen molar-refractivity contribution in [2.75, 3.05) is 33.0 Å². The number of carbonyl (C=O) groups excluding carboxylic acids is 1. The lowest BCUT2D eigenvalue weighted by Gasteiger charge is -2.32. The van der Waals surface area contributed by atoms with Crippen LogP contribution in [0.3, 0.4) is 0 Å². The number of aliphatic hydroxyl groups is 1. The number of hydrogen-bond acceptors (Lipinski definition) is 6. The number of ether oxygens (including phenoxy) is 2. The summed E-state index contributed by atoms with van der Waals surface area (Å²) in [5, 5.41) is 21.2. The Balaban J connectivity index is 2.87. The minimum Gasteiger partial charge on any atom is -0.462 e. The Bertz CT molecular complexity index is 515. The van der Waals surface area contributed by atoms with E-state index >= 15 is 0 Å². The van der Waals surface area contributed by atoms with Gasteiger partial charge in [-0.05, 0) is 36.8 Å². The van der Waals surface area contributed by atoms with Gasteiger partial charge in [-0.3, -0.25) is 0 Å². The van der Waals surface area contributed by atoms with Crippen LogP contribution in [0.4, 0.5) is 0 Å². The zero-order valence-corrected chi connectivity index (χ0v) is 14.1. The predicted molar refractivity (Wildman–Crippen MR) is 86.3 cm³/mol. The quantitative estimate of drug-likeness (QED) is 0.306. The molecule has 0 aromatic carbocycles. The molecule has 0 saturated heterocycles. The lowest BCUT2D eigenvalue weighted by atomic mass is 9.76. The highest BCUT2D eigenvalue weighted by Gasteiger charge is 2.29. The number of nitrogens with zero attached hydrogens (tertiary/aromatic N) is 1. The number of carbonyl (C=O) groups is 1. The molecule has 0 amide bonds. The van der Waals surface area contributed by atoms with Crippen LogP contribution in [-0.2, 0) is 14.3 Å². The van der Waals surface area contributed by atoms with Gasteiger partial charge in [0.2, 0.25) is 0 Å². The van der Waals surface area contributed by atoms with Crippen LogP contribution in [0.1, 0.15) is 33.6 Å². The molecule has 0 bridgehead atoms. The molecule has 0 fully saturated rings. The summed E-state index contributed by atoms with van der Waals surface area (Å²) < 4.78 is 10.2. The predicted octanol–water partition coefficient (Wildman–Crippen LogP) is 1.67. The van der Waals surface area contributed by atoms with E-state index in [0.717, 1.165) is 12.1 Å². The Hall–Kier alpha value is -1.84. The first-order valence-corrected chi connectivity index (χ1v) is 7.87. The molecule has 0 unspecified atom stereocenters. The molecular formula is C17H26N2O4. The molecule has 0 aliphatic heterocycles. The highest BCUT2D eigenvalue weighted by atomic mass is 16.5. The van der Waals surface area contributed by atoms with Gasteiger partial charge in [-0.15, -0.1) is 0 Å². The van der Waals surface area contributed by atoms with E-state index in [1.807, 2.05) is 12.1 Å². The third kappa shape index (κ3) is 6.43. The van der Waals surface area contributed by atoms with Crippen molar-refractivity contribution in [1.82, 2.24) is 5.32 Å². The van der Waals surface area contributed by atoms with Gasteiger partial charge in [-0.2, -0.15) is 5.26 Å². The van der Waals surface area contributed by atoms with Gasteiger partial charge >= 0.3 is 5.97 Å². The van der Waals surface area contributed by atoms with E-state index in [2.05, 4.69) is 19.2 Å². The maximum absolute atomic E-state index is 11.9. The van der Waals surface area contributed by atoms with Gasteiger partial charge in [-0.25, -0.2) is 4.79 Å². The lowest BCUT2D eigenvalue weighted by Crippen LogP contribution is -2.28. The number of nitriles is 1. The van der Waals surface area contributed by atoms with Crippen LogP contribution in [0.2, 0.25) is 0 Å². The van der Waals surface area contributed by atoms with E-state index in [4.69, 9.17) is 14.6 Å². The summed E-state index contributed by atoms with van der Waals surface area (Å²) >= 11 is 0. The average Bonchev–Trinajstić information content (AvgIpc) is 2.46. The summed E-state index contributed by atoms with van der Waals surface area (Å²) in [7, 11) is 0. The van der Waals surface area contributed by atoms with E-state index in [-0.39, 0.29) is 24.2 Å². The normalized spacial score (nSPS) is 18.7. The summed E-state index contributed by atoms with van der Waals surface area (Å²) in [6.45, 7) is 7.59. The molecule has 0 aromatic heterocycles. The second kappa shape index (κ2) is 9.33. The average molecular weight is 322 g/mol. The SMILES string of the molecule is CCOC(=O)/C(C#N)=C1\C=C(NCCOCCO)CC(C)(C)C1. The first-order valence-electron chi connectivity index (χ1n) is 7.87. The van der Waals surface area contributed by atoms with E-state index < -0.39 is 5.97 Å². The minimum absolute atomic E-state index is 0.00762. The third-order valence-corrected chi connectivity index (χ3v) is 3.43. The van der Waals surface area contributed by atoms with Crippen molar-refractivity contribution in [3.05, 3.63) is 22.9 Å². The summed E-state index contributed by atoms with van der Waals surface area (Å²) in [6.07, 6.45) is 3.35. The van der Waals surface area contributed by atoms with Crippen LogP contribution in [0.25, 0.3) is 0 Å². The molecule has 0 radical (unpaired) electrons.